The van der Waals surface area contributed by atoms with Crippen molar-refractivity contribution in [3.05, 3.63) is 0 Å². The molecule has 5 atom stereocenters. The van der Waals surface area contributed by atoms with Crippen LogP contribution in [0, 0.1) is 23.7 Å². The molecule has 2 aliphatic carbocycles. The Morgan fingerprint density at radius 2 is 2.00 bits per heavy atom. The lowest BCUT2D eigenvalue weighted by Crippen LogP contribution is -2.34. The fourth-order valence-electron chi connectivity index (χ4n) is 3.87. The molecule has 1 heterocycles. The maximum atomic E-state index is 13.1. The first-order valence-electron chi connectivity index (χ1n) is 7.43. The smallest absolute Gasteiger partial charge is 0.415 e. The predicted molar refractivity (Wildman–Crippen MR) is 72.3 cm³/mol. The van der Waals surface area contributed by atoms with E-state index < -0.39 is 60.3 Å². The van der Waals surface area contributed by atoms with Gasteiger partial charge >= 0.3 is 23.2 Å². The van der Waals surface area contributed by atoms with Crippen LogP contribution in [0.5, 0.6) is 0 Å². The lowest BCUT2D eigenvalue weighted by atomic mass is 9.80. The molecular formula is C13H14F2O9S. The lowest BCUT2D eigenvalue weighted by Gasteiger charge is -2.22. The second-order valence-electron chi connectivity index (χ2n) is 5.97. The molecule has 0 amide bonds. The van der Waals surface area contributed by atoms with E-state index in [0.29, 0.717) is 6.42 Å². The summed E-state index contributed by atoms with van der Waals surface area (Å²) >= 11 is -0.751. The molecule has 9 nitrogen and oxygen atoms in total. The zero-order valence-corrected chi connectivity index (χ0v) is 13.4. The second kappa shape index (κ2) is 7.02. The first kappa shape index (κ1) is 18.3. The third-order valence-electron chi connectivity index (χ3n) is 4.72. The number of ether oxygens (including phenoxy) is 3. The molecule has 1 N–H and O–H groups in total. The Bertz CT molecular complexity index is 570. The first-order valence-corrected chi connectivity index (χ1v) is 8.17. The Morgan fingerprint density at radius 1 is 1.28 bits per heavy atom. The summed E-state index contributed by atoms with van der Waals surface area (Å²) in [6.45, 7) is -1.03. The molecule has 0 radical (unpaired) electrons. The van der Waals surface area contributed by atoms with Crippen molar-refractivity contribution in [2.45, 2.75) is 24.2 Å². The van der Waals surface area contributed by atoms with Gasteiger partial charge in [0.15, 0.2) is 0 Å². The van der Waals surface area contributed by atoms with Gasteiger partial charge in [0, 0.05) is 5.92 Å². The molecule has 0 aromatic rings. The van der Waals surface area contributed by atoms with Gasteiger partial charge < -0.3 is 14.2 Å². The highest BCUT2D eigenvalue weighted by atomic mass is 32.2. The summed E-state index contributed by atoms with van der Waals surface area (Å²) in [5.74, 6) is -4.02. The minimum absolute atomic E-state index is 0.0119. The van der Waals surface area contributed by atoms with E-state index in [0.717, 1.165) is 6.42 Å². The van der Waals surface area contributed by atoms with Crippen LogP contribution in [0.3, 0.4) is 0 Å². The van der Waals surface area contributed by atoms with Gasteiger partial charge in [-0.05, 0) is 18.8 Å². The molecule has 3 aliphatic rings. The lowest BCUT2D eigenvalue weighted by molar-refractivity contribution is -0.433. The van der Waals surface area contributed by atoms with Gasteiger partial charge in [0.1, 0.15) is 31.4 Å². The van der Waals surface area contributed by atoms with Crippen molar-refractivity contribution in [1.29, 1.82) is 0 Å². The number of hydrogen-bond donors (Lipinski definition) is 1. The second-order valence-corrected chi connectivity index (χ2v) is 6.78. The van der Waals surface area contributed by atoms with Crippen LogP contribution in [0.2, 0.25) is 0 Å². The van der Waals surface area contributed by atoms with Gasteiger partial charge in [0.2, 0.25) is 0 Å². The first-order chi connectivity index (χ1) is 11.8. The molecule has 140 valence electrons. The Morgan fingerprint density at radius 3 is 2.72 bits per heavy atom. The highest BCUT2D eigenvalue weighted by molar-refractivity contribution is 7.96. The summed E-state index contributed by atoms with van der Waals surface area (Å²) in [4.78, 5) is 35.1. The van der Waals surface area contributed by atoms with Crippen molar-refractivity contribution in [2.75, 3.05) is 13.2 Å². The van der Waals surface area contributed by atoms with Crippen molar-refractivity contribution in [1.82, 2.24) is 0 Å². The third-order valence-corrected chi connectivity index (χ3v) is 5.23. The Kier molecular flexibility index (Phi) is 5.14. The molecule has 0 aromatic carbocycles. The number of fused-ring (bicyclic) bond motifs is 1. The zero-order valence-electron chi connectivity index (χ0n) is 12.6. The van der Waals surface area contributed by atoms with E-state index in [1.54, 1.807) is 0 Å². The van der Waals surface area contributed by atoms with E-state index in [1.807, 2.05) is 0 Å². The minimum Gasteiger partial charge on any atom is -0.462 e. The van der Waals surface area contributed by atoms with E-state index in [1.165, 1.54) is 0 Å². The molecule has 0 spiro atoms. The van der Waals surface area contributed by atoms with Gasteiger partial charge in [0.25, 0.3) is 0 Å². The van der Waals surface area contributed by atoms with E-state index in [-0.39, 0.29) is 17.9 Å². The van der Waals surface area contributed by atoms with Crippen LogP contribution in [0.1, 0.15) is 12.8 Å². The van der Waals surface area contributed by atoms with E-state index >= 15 is 0 Å². The fourth-order valence-corrected chi connectivity index (χ4v) is 4.12. The van der Waals surface area contributed by atoms with Crippen LogP contribution in [0.25, 0.3) is 0 Å². The molecule has 25 heavy (non-hydrogen) atoms. The zero-order chi connectivity index (χ0) is 18.2. The van der Waals surface area contributed by atoms with E-state index in [4.69, 9.17) is 14.7 Å². The van der Waals surface area contributed by atoms with Crippen LogP contribution >= 0.6 is 12.0 Å². The molecular weight excluding hydrogens is 370 g/mol. The number of halogens is 2. The van der Waals surface area contributed by atoms with Gasteiger partial charge in [-0.25, -0.2) is 10.1 Å². The van der Waals surface area contributed by atoms with Crippen molar-refractivity contribution < 1.29 is 52.0 Å². The fraction of sp³-hybridized carbons (Fsp3) is 0.769. The van der Waals surface area contributed by atoms with Gasteiger partial charge in [-0.3, -0.25) is 9.59 Å². The van der Waals surface area contributed by atoms with Gasteiger partial charge in [-0.1, -0.05) is 5.04 Å². The molecule has 1 saturated heterocycles. The largest absolute Gasteiger partial charge is 0.462 e. The SMILES string of the molecule is O=C(OCCOC(=O)C(F)(F)SOOO)C1C2CC3OC(=O)C1C3C2. The number of esters is 3. The van der Waals surface area contributed by atoms with Crippen LogP contribution in [-0.4, -0.2) is 47.7 Å². The van der Waals surface area contributed by atoms with Crippen molar-refractivity contribution in [3.8, 4) is 0 Å². The highest BCUT2D eigenvalue weighted by Gasteiger charge is 2.64. The summed E-state index contributed by atoms with van der Waals surface area (Å²) in [5, 5.41) is 6.64. The summed E-state index contributed by atoms with van der Waals surface area (Å²) in [7, 11) is 0. The molecule has 0 aromatic heterocycles. The van der Waals surface area contributed by atoms with Gasteiger partial charge in [0.05, 0.1) is 11.8 Å². The van der Waals surface area contributed by atoms with Crippen molar-refractivity contribution in [2.24, 2.45) is 23.7 Å². The molecule has 5 unspecified atom stereocenters. The Balaban J connectivity index is 1.42. The average molecular weight is 384 g/mol. The average Bonchev–Trinajstić information content (AvgIpc) is 3.18. The quantitative estimate of drug-likeness (QED) is 0.162. The van der Waals surface area contributed by atoms with Crippen molar-refractivity contribution >= 4 is 30.0 Å². The van der Waals surface area contributed by atoms with Crippen LogP contribution in [0.4, 0.5) is 8.78 Å². The molecule has 12 heteroatoms. The van der Waals surface area contributed by atoms with Crippen LogP contribution in [0.15, 0.2) is 0 Å². The number of carbonyl (C=O) groups excluding carboxylic acids is 3. The summed E-state index contributed by atoms with van der Waals surface area (Å²) in [6, 6.07) is 0. The molecule has 2 bridgehead atoms. The standard InChI is InChI=1S/C13H14F2O9S/c14-13(15,25-24-23-19)12(18)21-2-1-20-10(16)8-5-3-6-7(4-5)22-11(17)9(6)8/h5-9,19H,1-4H2. The maximum Gasteiger partial charge on any atom is 0.415 e. The number of alkyl halides is 2. The maximum absolute atomic E-state index is 13.1. The Labute approximate surface area is 143 Å². The molecule has 3 fully saturated rings. The van der Waals surface area contributed by atoms with Gasteiger partial charge in [-0.2, -0.15) is 8.78 Å². The van der Waals surface area contributed by atoms with Crippen LogP contribution in [-0.2, 0) is 38.0 Å². The number of rotatable bonds is 8. The molecule has 2 saturated carbocycles. The number of carbonyl (C=O) groups is 3. The summed E-state index contributed by atoms with van der Waals surface area (Å²) in [6.07, 6.45) is 1.24. The number of hydrogen-bond acceptors (Lipinski definition) is 10. The van der Waals surface area contributed by atoms with Crippen molar-refractivity contribution in [3.63, 3.8) is 0 Å². The molecule has 1 aliphatic heterocycles. The topological polar surface area (TPSA) is 118 Å². The molecule has 3 rings (SSSR count). The van der Waals surface area contributed by atoms with Gasteiger partial charge in [-0.15, -0.1) is 4.33 Å². The van der Waals surface area contributed by atoms with E-state index in [9.17, 15) is 23.2 Å². The highest BCUT2D eigenvalue weighted by Crippen LogP contribution is 2.57. The minimum atomic E-state index is -4.11. The Hall–Kier alpha value is -1.50. The predicted octanol–water partition coefficient (Wildman–Crippen LogP) is 0.933. The summed E-state index contributed by atoms with van der Waals surface area (Å²) in [5.41, 5.74) is 0. The summed E-state index contributed by atoms with van der Waals surface area (Å²) < 4.78 is 44.1. The van der Waals surface area contributed by atoms with E-state index in [2.05, 4.69) is 14.1 Å². The monoisotopic (exact) mass is 384 g/mol. The normalized spacial score (nSPS) is 32.6. The van der Waals surface area contributed by atoms with Crippen LogP contribution < -0.4 is 0 Å². The third kappa shape index (κ3) is 3.43.